The number of hydrogen-bond acceptors (Lipinski definition) is 4. The second-order valence-electron chi connectivity index (χ2n) is 6.42. The highest BCUT2D eigenvalue weighted by Crippen LogP contribution is 2.36. The standard InChI is InChI=1S/C18H25NO5/c1-4-8-18(17(22)23)11-19(9-7-15(18)20)16(21)14-6-5-13(24-3)10-12(14)2/h5-6,10,15,20H,4,7-9,11H2,1-3H3,(H,22,23)/t15-,18-/m1/s1. The van der Waals surface area contributed by atoms with Gasteiger partial charge in [-0.1, -0.05) is 13.3 Å². The Hall–Kier alpha value is -2.08. The van der Waals surface area contributed by atoms with Gasteiger partial charge in [-0.15, -0.1) is 0 Å². The fourth-order valence-electron chi connectivity index (χ4n) is 3.44. The number of piperidine rings is 1. The van der Waals surface area contributed by atoms with E-state index in [-0.39, 0.29) is 18.9 Å². The van der Waals surface area contributed by atoms with Crippen LogP contribution in [-0.4, -0.2) is 53.3 Å². The molecule has 0 aromatic heterocycles. The number of carboxylic acid groups (broad SMARTS) is 1. The molecular weight excluding hydrogens is 310 g/mol. The largest absolute Gasteiger partial charge is 0.497 e. The van der Waals surface area contributed by atoms with E-state index < -0.39 is 17.5 Å². The molecule has 1 aliphatic rings. The number of amides is 1. The summed E-state index contributed by atoms with van der Waals surface area (Å²) in [4.78, 5) is 26.2. The average Bonchev–Trinajstić information content (AvgIpc) is 2.56. The molecule has 0 unspecified atom stereocenters. The van der Waals surface area contributed by atoms with Crippen LogP contribution in [0.3, 0.4) is 0 Å². The van der Waals surface area contributed by atoms with Crippen LogP contribution >= 0.6 is 0 Å². The summed E-state index contributed by atoms with van der Waals surface area (Å²) in [7, 11) is 1.56. The van der Waals surface area contributed by atoms with Gasteiger partial charge in [-0.05, 0) is 43.5 Å². The van der Waals surface area contributed by atoms with Gasteiger partial charge >= 0.3 is 5.97 Å². The van der Waals surface area contributed by atoms with Gasteiger partial charge in [-0.3, -0.25) is 9.59 Å². The van der Waals surface area contributed by atoms with Gasteiger partial charge in [-0.2, -0.15) is 0 Å². The number of likely N-dealkylation sites (tertiary alicyclic amines) is 1. The lowest BCUT2D eigenvalue weighted by Crippen LogP contribution is -2.57. The van der Waals surface area contributed by atoms with E-state index in [1.807, 2.05) is 13.8 Å². The van der Waals surface area contributed by atoms with E-state index in [0.717, 1.165) is 5.56 Å². The number of benzene rings is 1. The lowest BCUT2D eigenvalue weighted by Gasteiger charge is -2.43. The average molecular weight is 335 g/mol. The van der Waals surface area contributed by atoms with Crippen molar-refractivity contribution >= 4 is 11.9 Å². The van der Waals surface area contributed by atoms with Crippen LogP contribution in [0.4, 0.5) is 0 Å². The highest BCUT2D eigenvalue weighted by molar-refractivity contribution is 5.96. The summed E-state index contributed by atoms with van der Waals surface area (Å²) in [5.74, 6) is -0.575. The monoisotopic (exact) mass is 335 g/mol. The van der Waals surface area contributed by atoms with Gasteiger partial charge in [0.1, 0.15) is 11.2 Å². The number of hydrogen-bond donors (Lipinski definition) is 2. The number of methoxy groups -OCH3 is 1. The Bertz CT molecular complexity index is 630. The van der Waals surface area contributed by atoms with Crippen molar-refractivity contribution in [3.63, 3.8) is 0 Å². The van der Waals surface area contributed by atoms with Crippen LogP contribution in [0.1, 0.15) is 42.1 Å². The van der Waals surface area contributed by atoms with Crippen LogP contribution in [0.25, 0.3) is 0 Å². The molecule has 1 aliphatic heterocycles. The van der Waals surface area contributed by atoms with Gasteiger partial charge in [0.2, 0.25) is 0 Å². The van der Waals surface area contributed by atoms with Crippen molar-refractivity contribution in [2.24, 2.45) is 5.41 Å². The Morgan fingerprint density at radius 3 is 2.67 bits per heavy atom. The highest BCUT2D eigenvalue weighted by Gasteiger charge is 2.49. The minimum atomic E-state index is -1.29. The van der Waals surface area contributed by atoms with E-state index in [2.05, 4.69) is 0 Å². The van der Waals surface area contributed by atoms with E-state index in [1.54, 1.807) is 30.2 Å². The summed E-state index contributed by atoms with van der Waals surface area (Å²) in [5.41, 5.74) is 0.0214. The fourth-order valence-corrected chi connectivity index (χ4v) is 3.44. The molecule has 24 heavy (non-hydrogen) atoms. The Kier molecular flexibility index (Phi) is 5.49. The molecule has 2 rings (SSSR count). The van der Waals surface area contributed by atoms with Crippen molar-refractivity contribution in [2.45, 2.75) is 39.2 Å². The quantitative estimate of drug-likeness (QED) is 0.860. The van der Waals surface area contributed by atoms with Crippen molar-refractivity contribution < 1.29 is 24.5 Å². The van der Waals surface area contributed by atoms with Gasteiger partial charge in [0, 0.05) is 18.7 Å². The van der Waals surface area contributed by atoms with Crippen LogP contribution in [0, 0.1) is 12.3 Å². The number of aliphatic hydroxyl groups is 1. The fraction of sp³-hybridized carbons (Fsp3) is 0.556. The summed E-state index contributed by atoms with van der Waals surface area (Å²) in [6, 6.07) is 5.20. The molecule has 0 saturated carbocycles. The SMILES string of the molecule is CCC[C@@]1(C(=O)O)CN(C(=O)c2ccc(OC)cc2C)CC[C@H]1O. The molecule has 1 aromatic rings. The number of rotatable bonds is 5. The predicted molar refractivity (Wildman–Crippen MR) is 89.2 cm³/mol. The number of carbonyl (C=O) groups excluding carboxylic acids is 1. The molecule has 0 spiro atoms. The van der Waals surface area contributed by atoms with E-state index in [0.29, 0.717) is 30.7 Å². The molecule has 1 aromatic carbocycles. The maximum Gasteiger partial charge on any atom is 0.314 e. The van der Waals surface area contributed by atoms with Crippen molar-refractivity contribution in [1.82, 2.24) is 4.90 Å². The van der Waals surface area contributed by atoms with Crippen LogP contribution in [-0.2, 0) is 4.79 Å². The molecule has 1 saturated heterocycles. The summed E-state index contributed by atoms with van der Waals surface area (Å²) < 4.78 is 5.15. The number of carbonyl (C=O) groups is 2. The third-order valence-corrected chi connectivity index (χ3v) is 4.86. The maximum absolute atomic E-state index is 12.9. The maximum atomic E-state index is 12.9. The normalized spacial score (nSPS) is 23.8. The van der Waals surface area contributed by atoms with Crippen LogP contribution in [0.5, 0.6) is 5.75 Å². The Morgan fingerprint density at radius 2 is 2.12 bits per heavy atom. The summed E-state index contributed by atoms with van der Waals surface area (Å²) in [5, 5.41) is 19.9. The third kappa shape index (κ3) is 3.24. The molecule has 1 fully saturated rings. The van der Waals surface area contributed by atoms with Crippen molar-refractivity contribution in [1.29, 1.82) is 0 Å². The first-order valence-electron chi connectivity index (χ1n) is 8.21. The number of aryl methyl sites for hydroxylation is 1. The first kappa shape index (κ1) is 18.3. The zero-order chi connectivity index (χ0) is 17.9. The van der Waals surface area contributed by atoms with Gasteiger partial charge in [0.15, 0.2) is 0 Å². The zero-order valence-corrected chi connectivity index (χ0v) is 14.4. The second kappa shape index (κ2) is 7.21. The summed E-state index contributed by atoms with van der Waals surface area (Å²) in [6.45, 7) is 4.09. The van der Waals surface area contributed by atoms with Gasteiger partial charge in [0.05, 0.1) is 13.2 Å². The van der Waals surface area contributed by atoms with Gasteiger partial charge in [-0.25, -0.2) is 0 Å². The molecule has 2 atom stereocenters. The first-order valence-corrected chi connectivity index (χ1v) is 8.21. The highest BCUT2D eigenvalue weighted by atomic mass is 16.5. The number of aliphatic carboxylic acids is 1. The molecule has 0 aliphatic carbocycles. The molecule has 6 nitrogen and oxygen atoms in total. The molecule has 0 radical (unpaired) electrons. The zero-order valence-electron chi connectivity index (χ0n) is 14.4. The van der Waals surface area contributed by atoms with E-state index in [9.17, 15) is 19.8 Å². The predicted octanol–water partition coefficient (Wildman–Crippen LogP) is 2.08. The second-order valence-corrected chi connectivity index (χ2v) is 6.42. The molecule has 1 heterocycles. The van der Waals surface area contributed by atoms with Crippen LogP contribution in [0.15, 0.2) is 18.2 Å². The van der Waals surface area contributed by atoms with E-state index >= 15 is 0 Å². The number of carboxylic acids is 1. The van der Waals surface area contributed by atoms with Gasteiger partial charge in [0.25, 0.3) is 5.91 Å². The van der Waals surface area contributed by atoms with Crippen LogP contribution < -0.4 is 4.74 Å². The van der Waals surface area contributed by atoms with E-state index in [1.165, 1.54) is 0 Å². The Labute approximate surface area is 142 Å². The number of ether oxygens (including phenoxy) is 1. The first-order chi connectivity index (χ1) is 11.4. The minimum Gasteiger partial charge on any atom is -0.497 e. The van der Waals surface area contributed by atoms with E-state index in [4.69, 9.17) is 4.74 Å². The Morgan fingerprint density at radius 1 is 1.42 bits per heavy atom. The number of nitrogens with zero attached hydrogens (tertiary/aromatic N) is 1. The molecular formula is C18H25NO5. The molecule has 0 bridgehead atoms. The summed E-state index contributed by atoms with van der Waals surface area (Å²) in [6.07, 6.45) is 0.311. The lowest BCUT2D eigenvalue weighted by molar-refractivity contribution is -0.162. The third-order valence-electron chi connectivity index (χ3n) is 4.86. The number of aliphatic hydroxyl groups excluding tert-OH is 1. The Balaban J connectivity index is 2.29. The van der Waals surface area contributed by atoms with Crippen molar-refractivity contribution in [2.75, 3.05) is 20.2 Å². The molecule has 1 amide bonds. The topological polar surface area (TPSA) is 87.1 Å². The summed E-state index contributed by atoms with van der Waals surface area (Å²) >= 11 is 0. The van der Waals surface area contributed by atoms with Gasteiger partial charge < -0.3 is 19.8 Å². The minimum absolute atomic E-state index is 0.0294. The van der Waals surface area contributed by atoms with Crippen LogP contribution in [0.2, 0.25) is 0 Å². The smallest absolute Gasteiger partial charge is 0.314 e. The molecule has 2 N–H and O–H groups in total. The van der Waals surface area contributed by atoms with Crippen molar-refractivity contribution in [3.05, 3.63) is 29.3 Å². The molecule has 132 valence electrons. The van der Waals surface area contributed by atoms with Crippen molar-refractivity contribution in [3.8, 4) is 5.75 Å². The lowest BCUT2D eigenvalue weighted by atomic mass is 9.74. The molecule has 6 heteroatoms.